The minimum Gasteiger partial charge on any atom is -0.411 e. The average Bonchev–Trinajstić information content (AvgIpc) is 3.10. The van der Waals surface area contributed by atoms with Crippen molar-refractivity contribution in [1.29, 1.82) is 0 Å². The van der Waals surface area contributed by atoms with Crippen molar-refractivity contribution in [2.45, 2.75) is 19.3 Å². The van der Waals surface area contributed by atoms with E-state index >= 15 is 0 Å². The molecule has 1 aliphatic carbocycles. The second-order valence-electron chi connectivity index (χ2n) is 3.70. The van der Waals surface area contributed by atoms with E-state index in [1.54, 1.807) is 24.5 Å². The second kappa shape index (κ2) is 4.21. The number of carbonyl (C=O) groups is 1. The van der Waals surface area contributed by atoms with Crippen molar-refractivity contribution in [1.82, 2.24) is 4.98 Å². The maximum Gasteiger partial charge on any atom is 0.168 e. The van der Waals surface area contributed by atoms with Crippen molar-refractivity contribution in [3.8, 4) is 0 Å². The van der Waals surface area contributed by atoms with Crippen LogP contribution in [0.3, 0.4) is 0 Å². The van der Waals surface area contributed by atoms with Crippen LogP contribution >= 0.6 is 0 Å². The number of hydrogen-bond donors (Lipinski definition) is 1. The Labute approximate surface area is 87.6 Å². The number of aromatic nitrogens is 1. The minimum absolute atomic E-state index is 0.0166. The van der Waals surface area contributed by atoms with Crippen LogP contribution in [0.15, 0.2) is 29.7 Å². The van der Waals surface area contributed by atoms with E-state index in [4.69, 9.17) is 5.21 Å². The van der Waals surface area contributed by atoms with E-state index in [0.717, 1.165) is 12.8 Å². The lowest BCUT2D eigenvalue weighted by Crippen LogP contribution is -2.10. The first kappa shape index (κ1) is 9.83. The summed E-state index contributed by atoms with van der Waals surface area (Å²) in [5.74, 6) is 0.304. The van der Waals surface area contributed by atoms with E-state index in [1.165, 1.54) is 0 Å². The summed E-state index contributed by atoms with van der Waals surface area (Å²) >= 11 is 0. The zero-order valence-electron chi connectivity index (χ0n) is 8.26. The summed E-state index contributed by atoms with van der Waals surface area (Å²) in [6.45, 7) is 0. The maximum absolute atomic E-state index is 11.7. The number of carbonyl (C=O) groups excluding carboxylic acids is 1. The summed E-state index contributed by atoms with van der Waals surface area (Å²) in [5.41, 5.74) is 1.23. The molecule has 1 saturated carbocycles. The Morgan fingerprint density at radius 3 is 2.67 bits per heavy atom. The van der Waals surface area contributed by atoms with Gasteiger partial charge in [-0.2, -0.15) is 0 Å². The molecular formula is C11H12N2O2. The van der Waals surface area contributed by atoms with Gasteiger partial charge in [-0.25, -0.2) is 0 Å². The summed E-state index contributed by atoms with van der Waals surface area (Å²) in [6, 6.07) is 3.34. The lowest BCUT2D eigenvalue weighted by Gasteiger charge is -2.01. The van der Waals surface area contributed by atoms with E-state index in [9.17, 15) is 4.79 Å². The van der Waals surface area contributed by atoms with Crippen LogP contribution in [0.2, 0.25) is 0 Å². The summed E-state index contributed by atoms with van der Waals surface area (Å²) in [7, 11) is 0. The Hall–Kier alpha value is -1.71. The van der Waals surface area contributed by atoms with Crippen molar-refractivity contribution >= 4 is 11.5 Å². The maximum atomic E-state index is 11.7. The number of ketones is 1. The molecule has 0 saturated heterocycles. The Kier molecular flexibility index (Phi) is 2.76. The highest BCUT2D eigenvalue weighted by molar-refractivity contribution is 6.10. The first-order valence-electron chi connectivity index (χ1n) is 4.95. The first-order chi connectivity index (χ1) is 7.31. The molecule has 1 aromatic heterocycles. The van der Waals surface area contributed by atoms with Crippen molar-refractivity contribution in [2.24, 2.45) is 11.1 Å². The van der Waals surface area contributed by atoms with Gasteiger partial charge in [0.2, 0.25) is 0 Å². The number of rotatable bonds is 4. The molecule has 78 valence electrons. The van der Waals surface area contributed by atoms with Crippen LogP contribution in [0.4, 0.5) is 0 Å². The number of hydrogen-bond acceptors (Lipinski definition) is 4. The average molecular weight is 204 g/mol. The quantitative estimate of drug-likeness (QED) is 0.352. The Bertz CT molecular complexity index is 383. The van der Waals surface area contributed by atoms with E-state index in [1.807, 2.05) is 0 Å². The third-order valence-electron chi connectivity index (χ3n) is 2.52. The predicted octanol–water partition coefficient (Wildman–Crippen LogP) is 1.89. The van der Waals surface area contributed by atoms with E-state index in [-0.39, 0.29) is 12.2 Å². The number of nitrogens with zero attached hydrogens (tertiary/aromatic N) is 2. The van der Waals surface area contributed by atoms with Crippen LogP contribution in [0.5, 0.6) is 0 Å². The van der Waals surface area contributed by atoms with Gasteiger partial charge in [0, 0.05) is 23.9 Å². The predicted molar refractivity (Wildman–Crippen MR) is 55.1 cm³/mol. The van der Waals surface area contributed by atoms with Gasteiger partial charge in [-0.05, 0) is 25.0 Å². The lowest BCUT2D eigenvalue weighted by atomic mass is 10.0. The van der Waals surface area contributed by atoms with Crippen LogP contribution in [-0.2, 0) is 0 Å². The Morgan fingerprint density at radius 2 is 2.13 bits per heavy atom. The molecule has 0 radical (unpaired) electrons. The topological polar surface area (TPSA) is 62.5 Å². The van der Waals surface area contributed by atoms with Gasteiger partial charge < -0.3 is 5.21 Å². The molecule has 4 nitrogen and oxygen atoms in total. The fourth-order valence-corrected chi connectivity index (χ4v) is 1.48. The molecule has 15 heavy (non-hydrogen) atoms. The number of oxime groups is 1. The third kappa shape index (κ3) is 2.40. The van der Waals surface area contributed by atoms with Crippen LogP contribution < -0.4 is 0 Å². The molecule has 0 unspecified atom stereocenters. The van der Waals surface area contributed by atoms with Crippen molar-refractivity contribution in [3.63, 3.8) is 0 Å². The normalized spacial score (nSPS) is 16.4. The highest BCUT2D eigenvalue weighted by Crippen LogP contribution is 2.32. The minimum atomic E-state index is -0.0166. The zero-order valence-corrected chi connectivity index (χ0v) is 8.26. The smallest absolute Gasteiger partial charge is 0.168 e. The molecule has 2 rings (SSSR count). The summed E-state index contributed by atoms with van der Waals surface area (Å²) < 4.78 is 0. The summed E-state index contributed by atoms with van der Waals surface area (Å²) in [4.78, 5) is 15.6. The van der Waals surface area contributed by atoms with Crippen molar-refractivity contribution in [2.75, 3.05) is 0 Å². The van der Waals surface area contributed by atoms with E-state index < -0.39 is 0 Å². The summed E-state index contributed by atoms with van der Waals surface area (Å²) in [5, 5.41) is 12.0. The highest BCUT2D eigenvalue weighted by Gasteiger charge is 2.29. The van der Waals surface area contributed by atoms with Gasteiger partial charge in [0.15, 0.2) is 5.78 Å². The molecular weight excluding hydrogens is 192 g/mol. The van der Waals surface area contributed by atoms with Gasteiger partial charge in [0.25, 0.3) is 0 Å². The van der Waals surface area contributed by atoms with Crippen molar-refractivity contribution in [3.05, 3.63) is 30.1 Å². The Morgan fingerprint density at radius 1 is 1.47 bits per heavy atom. The van der Waals surface area contributed by atoms with Gasteiger partial charge in [-0.1, -0.05) is 5.16 Å². The summed E-state index contributed by atoms with van der Waals surface area (Å²) in [6.07, 6.45) is 5.44. The monoisotopic (exact) mass is 204 g/mol. The molecule has 0 aromatic carbocycles. The molecule has 1 aromatic rings. The second-order valence-corrected chi connectivity index (χ2v) is 3.70. The van der Waals surface area contributed by atoms with E-state index in [2.05, 4.69) is 10.1 Å². The molecule has 1 heterocycles. The van der Waals surface area contributed by atoms with Crippen LogP contribution in [0.1, 0.15) is 29.6 Å². The fourth-order valence-electron chi connectivity index (χ4n) is 1.48. The molecule has 0 bridgehead atoms. The fraction of sp³-hybridized carbons (Fsp3) is 0.364. The Balaban J connectivity index is 2.03. The zero-order chi connectivity index (χ0) is 10.7. The first-order valence-corrected chi connectivity index (χ1v) is 4.95. The third-order valence-corrected chi connectivity index (χ3v) is 2.52. The lowest BCUT2D eigenvalue weighted by molar-refractivity contribution is 0.0998. The standard InChI is InChI=1S/C11H12N2O2/c14-11(9-3-5-12-6-4-9)7-10(13-15)8-1-2-8/h3-6,8,15H,1-2,7H2/b13-10-. The molecule has 1 N–H and O–H groups in total. The van der Waals surface area contributed by atoms with Gasteiger partial charge in [-0.15, -0.1) is 0 Å². The number of Topliss-reactive ketones (excluding diaryl/α,β-unsaturated/α-hetero) is 1. The molecule has 4 heteroatoms. The molecule has 0 amide bonds. The van der Waals surface area contributed by atoms with Gasteiger partial charge in [-0.3, -0.25) is 9.78 Å². The van der Waals surface area contributed by atoms with E-state index in [0.29, 0.717) is 17.2 Å². The SMILES string of the molecule is O=C(C/C(=N/O)C1CC1)c1ccncc1. The molecule has 0 atom stereocenters. The number of pyridine rings is 1. The largest absolute Gasteiger partial charge is 0.411 e. The molecule has 1 aliphatic rings. The molecule has 0 spiro atoms. The van der Waals surface area contributed by atoms with Gasteiger partial charge in [0.05, 0.1) is 12.1 Å². The van der Waals surface area contributed by atoms with Crippen LogP contribution in [0.25, 0.3) is 0 Å². The van der Waals surface area contributed by atoms with Gasteiger partial charge >= 0.3 is 0 Å². The molecule has 0 aliphatic heterocycles. The van der Waals surface area contributed by atoms with Crippen LogP contribution in [-0.4, -0.2) is 21.7 Å². The highest BCUT2D eigenvalue weighted by atomic mass is 16.4. The van der Waals surface area contributed by atoms with Crippen LogP contribution in [0, 0.1) is 5.92 Å². The van der Waals surface area contributed by atoms with Gasteiger partial charge in [0.1, 0.15) is 0 Å². The van der Waals surface area contributed by atoms with Crippen molar-refractivity contribution < 1.29 is 10.0 Å². The molecule has 1 fully saturated rings.